The van der Waals surface area contributed by atoms with Crippen LogP contribution in [0.25, 0.3) is 0 Å². The molecule has 1 heterocycles. The topological polar surface area (TPSA) is 25.2 Å². The maximum atomic E-state index is 9.59. The van der Waals surface area contributed by atoms with Crippen LogP contribution in [0.15, 0.2) is 42.5 Å². The molecule has 0 aliphatic carbocycles. The molecule has 90 valence electrons. The molecule has 2 nitrogen and oxygen atoms in total. The SMILES string of the molecule is Cc1ccc(C)n1C(CO)Cc1ccccc1. The van der Waals surface area contributed by atoms with E-state index >= 15 is 0 Å². The minimum absolute atomic E-state index is 0.132. The van der Waals surface area contributed by atoms with Gasteiger partial charge in [0.25, 0.3) is 0 Å². The van der Waals surface area contributed by atoms with E-state index in [4.69, 9.17) is 0 Å². The van der Waals surface area contributed by atoms with Crippen LogP contribution in [0, 0.1) is 13.8 Å². The molecule has 0 spiro atoms. The molecule has 0 bridgehead atoms. The van der Waals surface area contributed by atoms with Crippen molar-refractivity contribution >= 4 is 0 Å². The van der Waals surface area contributed by atoms with Crippen molar-refractivity contribution in [2.45, 2.75) is 26.3 Å². The highest BCUT2D eigenvalue weighted by atomic mass is 16.3. The van der Waals surface area contributed by atoms with E-state index in [0.717, 1.165) is 6.42 Å². The molecular formula is C15H19NO. The first-order valence-corrected chi connectivity index (χ1v) is 6.01. The maximum absolute atomic E-state index is 9.59. The standard InChI is InChI=1S/C15H19NO/c1-12-8-9-13(2)16(12)15(11-17)10-14-6-4-3-5-7-14/h3-9,15,17H,10-11H2,1-2H3. The third kappa shape index (κ3) is 2.59. The number of aliphatic hydroxyl groups is 1. The summed E-state index contributed by atoms with van der Waals surface area (Å²) < 4.78 is 2.22. The van der Waals surface area contributed by atoms with E-state index in [9.17, 15) is 5.11 Å². The van der Waals surface area contributed by atoms with Crippen LogP contribution in [0.5, 0.6) is 0 Å². The second-order valence-electron chi connectivity index (χ2n) is 4.51. The van der Waals surface area contributed by atoms with Gasteiger partial charge in [0.15, 0.2) is 0 Å². The highest BCUT2D eigenvalue weighted by Crippen LogP contribution is 2.19. The number of benzene rings is 1. The second-order valence-corrected chi connectivity index (χ2v) is 4.51. The molecular weight excluding hydrogens is 210 g/mol. The lowest BCUT2D eigenvalue weighted by Crippen LogP contribution is -2.18. The molecule has 2 aromatic rings. The average molecular weight is 229 g/mol. The van der Waals surface area contributed by atoms with E-state index in [1.54, 1.807) is 0 Å². The van der Waals surface area contributed by atoms with Gasteiger partial charge in [-0.1, -0.05) is 30.3 Å². The van der Waals surface area contributed by atoms with Crippen LogP contribution in [-0.2, 0) is 6.42 Å². The molecule has 0 amide bonds. The molecule has 1 N–H and O–H groups in total. The average Bonchev–Trinajstić information content (AvgIpc) is 2.68. The Morgan fingerprint density at radius 1 is 1.00 bits per heavy atom. The van der Waals surface area contributed by atoms with Gasteiger partial charge in [0.1, 0.15) is 0 Å². The number of aryl methyl sites for hydroxylation is 2. The zero-order valence-corrected chi connectivity index (χ0v) is 10.4. The summed E-state index contributed by atoms with van der Waals surface area (Å²) in [6.07, 6.45) is 0.869. The quantitative estimate of drug-likeness (QED) is 0.856. The number of aliphatic hydroxyl groups excluding tert-OH is 1. The first kappa shape index (κ1) is 11.9. The highest BCUT2D eigenvalue weighted by molar-refractivity contribution is 5.19. The molecule has 0 saturated heterocycles. The summed E-state index contributed by atoms with van der Waals surface area (Å²) in [6, 6.07) is 14.6. The third-order valence-electron chi connectivity index (χ3n) is 3.22. The minimum atomic E-state index is 0.132. The van der Waals surface area contributed by atoms with Gasteiger partial charge in [0, 0.05) is 11.4 Å². The Hall–Kier alpha value is -1.54. The number of rotatable bonds is 4. The lowest BCUT2D eigenvalue weighted by Gasteiger charge is -2.20. The number of hydrogen-bond donors (Lipinski definition) is 1. The van der Waals surface area contributed by atoms with E-state index < -0.39 is 0 Å². The van der Waals surface area contributed by atoms with Crippen LogP contribution in [0.4, 0.5) is 0 Å². The van der Waals surface area contributed by atoms with Crippen LogP contribution < -0.4 is 0 Å². The smallest absolute Gasteiger partial charge is 0.0642 e. The number of aromatic nitrogens is 1. The van der Waals surface area contributed by atoms with Crippen molar-refractivity contribution < 1.29 is 5.11 Å². The van der Waals surface area contributed by atoms with Crippen molar-refractivity contribution in [3.8, 4) is 0 Å². The van der Waals surface area contributed by atoms with Gasteiger partial charge in [-0.3, -0.25) is 0 Å². The fourth-order valence-corrected chi connectivity index (χ4v) is 2.38. The Balaban J connectivity index is 2.23. The van der Waals surface area contributed by atoms with E-state index in [2.05, 4.69) is 42.7 Å². The number of hydrogen-bond acceptors (Lipinski definition) is 1. The maximum Gasteiger partial charge on any atom is 0.0642 e. The van der Waals surface area contributed by atoms with E-state index in [1.165, 1.54) is 17.0 Å². The molecule has 17 heavy (non-hydrogen) atoms. The Morgan fingerprint density at radius 2 is 1.59 bits per heavy atom. The molecule has 1 aromatic carbocycles. The largest absolute Gasteiger partial charge is 0.394 e. The molecule has 0 fully saturated rings. The Morgan fingerprint density at radius 3 is 2.12 bits per heavy atom. The summed E-state index contributed by atoms with van der Waals surface area (Å²) >= 11 is 0. The van der Waals surface area contributed by atoms with Crippen LogP contribution in [0.2, 0.25) is 0 Å². The zero-order valence-electron chi connectivity index (χ0n) is 10.4. The van der Waals surface area contributed by atoms with E-state index in [0.29, 0.717) is 0 Å². The summed E-state index contributed by atoms with van der Waals surface area (Å²) in [6.45, 7) is 4.34. The Bertz CT molecular complexity index is 453. The predicted molar refractivity (Wildman–Crippen MR) is 70.2 cm³/mol. The summed E-state index contributed by atoms with van der Waals surface area (Å²) in [4.78, 5) is 0. The van der Waals surface area contributed by atoms with Crippen molar-refractivity contribution in [2.75, 3.05) is 6.61 Å². The van der Waals surface area contributed by atoms with Crippen molar-refractivity contribution in [1.29, 1.82) is 0 Å². The van der Waals surface area contributed by atoms with Gasteiger partial charge >= 0.3 is 0 Å². The van der Waals surface area contributed by atoms with Gasteiger partial charge < -0.3 is 9.67 Å². The lowest BCUT2D eigenvalue weighted by molar-refractivity contribution is 0.224. The van der Waals surface area contributed by atoms with Gasteiger partial charge in [-0.05, 0) is 38.0 Å². The van der Waals surface area contributed by atoms with Gasteiger partial charge in [-0.15, -0.1) is 0 Å². The fourth-order valence-electron chi connectivity index (χ4n) is 2.38. The molecule has 0 aliphatic heterocycles. The van der Waals surface area contributed by atoms with Gasteiger partial charge in [-0.25, -0.2) is 0 Å². The van der Waals surface area contributed by atoms with Gasteiger partial charge in [0.2, 0.25) is 0 Å². The van der Waals surface area contributed by atoms with E-state index in [-0.39, 0.29) is 12.6 Å². The van der Waals surface area contributed by atoms with Crippen LogP contribution in [0.3, 0.4) is 0 Å². The summed E-state index contributed by atoms with van der Waals surface area (Å²) in [5.74, 6) is 0. The summed E-state index contributed by atoms with van der Waals surface area (Å²) in [5, 5.41) is 9.59. The Kier molecular flexibility index (Phi) is 3.64. The molecule has 2 heteroatoms. The Labute approximate surface area is 103 Å². The molecule has 1 aromatic heterocycles. The van der Waals surface area contributed by atoms with Gasteiger partial charge in [-0.2, -0.15) is 0 Å². The molecule has 0 saturated carbocycles. The molecule has 0 radical (unpaired) electrons. The van der Waals surface area contributed by atoms with Gasteiger partial charge in [0.05, 0.1) is 12.6 Å². The zero-order chi connectivity index (χ0) is 12.3. The summed E-state index contributed by atoms with van der Waals surface area (Å²) in [7, 11) is 0. The molecule has 1 unspecified atom stereocenters. The van der Waals surface area contributed by atoms with Crippen LogP contribution in [-0.4, -0.2) is 16.3 Å². The van der Waals surface area contributed by atoms with Crippen LogP contribution in [0.1, 0.15) is 23.0 Å². The van der Waals surface area contributed by atoms with Crippen molar-refractivity contribution in [2.24, 2.45) is 0 Å². The predicted octanol–water partition coefficient (Wildman–Crippen LogP) is 2.88. The summed E-state index contributed by atoms with van der Waals surface area (Å²) in [5.41, 5.74) is 3.68. The van der Waals surface area contributed by atoms with Crippen molar-refractivity contribution in [1.82, 2.24) is 4.57 Å². The fraction of sp³-hybridized carbons (Fsp3) is 0.333. The second kappa shape index (κ2) is 5.19. The molecule has 2 rings (SSSR count). The van der Waals surface area contributed by atoms with Crippen LogP contribution >= 0.6 is 0 Å². The third-order valence-corrected chi connectivity index (χ3v) is 3.22. The molecule has 1 atom stereocenters. The normalized spacial score (nSPS) is 12.6. The highest BCUT2D eigenvalue weighted by Gasteiger charge is 2.13. The first-order valence-electron chi connectivity index (χ1n) is 6.01. The first-order chi connectivity index (χ1) is 8.22. The lowest BCUT2D eigenvalue weighted by atomic mass is 10.1. The van der Waals surface area contributed by atoms with Crippen molar-refractivity contribution in [3.63, 3.8) is 0 Å². The minimum Gasteiger partial charge on any atom is -0.394 e. The number of nitrogens with zero attached hydrogens (tertiary/aromatic N) is 1. The monoisotopic (exact) mass is 229 g/mol. The molecule has 0 aliphatic rings. The van der Waals surface area contributed by atoms with E-state index in [1.807, 2.05) is 18.2 Å². The van der Waals surface area contributed by atoms with Crippen molar-refractivity contribution in [3.05, 3.63) is 59.4 Å².